The summed E-state index contributed by atoms with van der Waals surface area (Å²) in [5.41, 5.74) is 8.14. The number of aliphatic carboxylic acids is 1. The Labute approximate surface area is 213 Å². The molecular weight excluding hydrogens is 452 g/mol. The highest BCUT2D eigenvalue weighted by molar-refractivity contribution is 5.76. The van der Waals surface area contributed by atoms with Gasteiger partial charge < -0.3 is 19.3 Å². The van der Waals surface area contributed by atoms with E-state index >= 15 is 0 Å². The summed E-state index contributed by atoms with van der Waals surface area (Å²) in [6.07, 6.45) is 5.84. The number of carboxylic acids is 1. The number of ether oxygens (including phenoxy) is 3. The van der Waals surface area contributed by atoms with Crippen LogP contribution < -0.4 is 4.74 Å². The van der Waals surface area contributed by atoms with Crippen molar-refractivity contribution >= 4 is 18.1 Å². The second-order valence-electron chi connectivity index (χ2n) is 9.19. The molecule has 0 saturated carbocycles. The summed E-state index contributed by atoms with van der Waals surface area (Å²) < 4.78 is 17.4. The predicted molar refractivity (Wildman–Crippen MR) is 142 cm³/mol. The summed E-state index contributed by atoms with van der Waals surface area (Å²) >= 11 is 0. The van der Waals surface area contributed by atoms with Gasteiger partial charge in [-0.1, -0.05) is 79.6 Å². The van der Waals surface area contributed by atoms with E-state index in [-0.39, 0.29) is 6.10 Å². The highest BCUT2D eigenvalue weighted by atomic mass is 16.5. The van der Waals surface area contributed by atoms with Crippen molar-refractivity contribution in [3.8, 4) is 5.75 Å². The quantitative estimate of drug-likeness (QED) is 0.324. The van der Waals surface area contributed by atoms with Crippen molar-refractivity contribution in [3.05, 3.63) is 99.6 Å². The van der Waals surface area contributed by atoms with E-state index in [1.54, 1.807) is 0 Å². The van der Waals surface area contributed by atoms with E-state index < -0.39 is 12.1 Å². The van der Waals surface area contributed by atoms with Crippen molar-refractivity contribution in [1.29, 1.82) is 0 Å². The summed E-state index contributed by atoms with van der Waals surface area (Å²) in [4.78, 5) is 11.2. The molecule has 5 heteroatoms. The van der Waals surface area contributed by atoms with Gasteiger partial charge in [-0.2, -0.15) is 0 Å². The van der Waals surface area contributed by atoms with Gasteiger partial charge in [-0.25, -0.2) is 4.79 Å². The van der Waals surface area contributed by atoms with Crippen LogP contribution in [0.2, 0.25) is 0 Å². The number of carboxylic acid groups (broad SMARTS) is 1. The third-order valence-electron chi connectivity index (χ3n) is 6.48. The first kappa shape index (κ1) is 25.7. The van der Waals surface area contributed by atoms with Crippen LogP contribution in [0.3, 0.4) is 0 Å². The lowest BCUT2D eigenvalue weighted by Crippen LogP contribution is -2.24. The molecule has 2 unspecified atom stereocenters. The normalized spacial score (nSPS) is 15.0. The van der Waals surface area contributed by atoms with Gasteiger partial charge in [0, 0.05) is 13.5 Å². The smallest absolute Gasteiger partial charge is 0.333 e. The van der Waals surface area contributed by atoms with Crippen LogP contribution in [0.25, 0.3) is 12.2 Å². The van der Waals surface area contributed by atoms with Crippen LogP contribution in [0.1, 0.15) is 58.4 Å². The van der Waals surface area contributed by atoms with Crippen molar-refractivity contribution in [3.63, 3.8) is 0 Å². The Morgan fingerprint density at radius 2 is 1.67 bits per heavy atom. The molecule has 3 aromatic rings. The third-order valence-corrected chi connectivity index (χ3v) is 6.48. The van der Waals surface area contributed by atoms with Gasteiger partial charge in [-0.3, -0.25) is 0 Å². The molecule has 4 rings (SSSR count). The summed E-state index contributed by atoms with van der Waals surface area (Å²) in [6.45, 7) is 5.14. The molecule has 0 saturated heterocycles. The molecule has 0 bridgehead atoms. The van der Waals surface area contributed by atoms with Crippen molar-refractivity contribution in [2.24, 2.45) is 0 Å². The van der Waals surface area contributed by atoms with E-state index in [4.69, 9.17) is 19.3 Å². The molecule has 1 aliphatic rings. The molecule has 0 fully saturated rings. The lowest BCUT2D eigenvalue weighted by Gasteiger charge is -2.22. The summed E-state index contributed by atoms with van der Waals surface area (Å²) in [6, 6.07) is 20.6. The standard InChI is InChI=1S/C31H34O5/c1-4-5-22-9-15-27-25(19-22)12-11-24-10-6-21(2)18-28(24)30(27)36-17-16-35-26-13-7-23(8-14-26)20-29(34-3)31(32)33/h6-15,18-19,29-30H,4-5,16-17,20H2,1-3H3,(H,32,33). The largest absolute Gasteiger partial charge is 0.491 e. The third kappa shape index (κ3) is 6.23. The molecule has 1 aliphatic carbocycles. The lowest BCUT2D eigenvalue weighted by molar-refractivity contribution is -0.148. The number of methoxy groups -OCH3 is 1. The van der Waals surface area contributed by atoms with E-state index in [0.717, 1.165) is 24.2 Å². The Morgan fingerprint density at radius 3 is 2.39 bits per heavy atom. The second kappa shape index (κ2) is 12.0. The molecular formula is C31H34O5. The topological polar surface area (TPSA) is 65.0 Å². The number of hydrogen-bond acceptors (Lipinski definition) is 4. The van der Waals surface area contributed by atoms with Crippen LogP contribution >= 0.6 is 0 Å². The molecule has 36 heavy (non-hydrogen) atoms. The SMILES string of the molecule is CCCc1ccc2c(c1)C=Cc1ccc(C)cc1C2OCCOc1ccc(CC(OC)C(=O)O)cc1. The Morgan fingerprint density at radius 1 is 0.917 bits per heavy atom. The monoisotopic (exact) mass is 486 g/mol. The molecule has 3 aromatic carbocycles. The first-order valence-corrected chi connectivity index (χ1v) is 12.5. The summed E-state index contributed by atoms with van der Waals surface area (Å²) in [5.74, 6) is -0.251. The number of aryl methyl sites for hydroxylation is 2. The van der Waals surface area contributed by atoms with Gasteiger partial charge >= 0.3 is 5.97 Å². The van der Waals surface area contributed by atoms with Gasteiger partial charge in [0.05, 0.1) is 6.61 Å². The summed E-state index contributed by atoms with van der Waals surface area (Å²) in [5, 5.41) is 9.17. The maximum Gasteiger partial charge on any atom is 0.333 e. The average Bonchev–Trinajstić information content (AvgIpc) is 3.02. The Kier molecular flexibility index (Phi) is 8.57. The summed E-state index contributed by atoms with van der Waals surface area (Å²) in [7, 11) is 1.41. The Bertz CT molecular complexity index is 1210. The first-order valence-electron chi connectivity index (χ1n) is 12.5. The molecule has 2 atom stereocenters. The van der Waals surface area contributed by atoms with E-state index in [0.29, 0.717) is 19.6 Å². The van der Waals surface area contributed by atoms with E-state index in [9.17, 15) is 4.79 Å². The zero-order valence-corrected chi connectivity index (χ0v) is 21.2. The molecule has 0 spiro atoms. The number of benzene rings is 3. The fourth-order valence-corrected chi connectivity index (χ4v) is 4.58. The molecule has 0 amide bonds. The zero-order chi connectivity index (χ0) is 25.5. The van der Waals surface area contributed by atoms with Crippen LogP contribution in [-0.4, -0.2) is 37.5 Å². The van der Waals surface area contributed by atoms with Gasteiger partial charge in [0.25, 0.3) is 0 Å². The molecule has 1 N–H and O–H groups in total. The van der Waals surface area contributed by atoms with Crippen LogP contribution in [0.4, 0.5) is 0 Å². The van der Waals surface area contributed by atoms with Crippen LogP contribution in [0, 0.1) is 6.92 Å². The number of rotatable bonds is 11. The van der Waals surface area contributed by atoms with Crippen molar-refractivity contribution in [1.82, 2.24) is 0 Å². The predicted octanol–water partition coefficient (Wildman–Crippen LogP) is 6.26. The van der Waals surface area contributed by atoms with Crippen LogP contribution in [-0.2, 0) is 27.1 Å². The lowest BCUT2D eigenvalue weighted by atomic mass is 9.93. The highest BCUT2D eigenvalue weighted by Gasteiger charge is 2.23. The van der Waals surface area contributed by atoms with Crippen LogP contribution in [0.5, 0.6) is 5.75 Å². The number of hydrogen-bond donors (Lipinski definition) is 1. The maximum absolute atomic E-state index is 11.2. The van der Waals surface area contributed by atoms with Gasteiger partial charge in [0.1, 0.15) is 18.5 Å². The molecule has 5 nitrogen and oxygen atoms in total. The molecule has 0 radical (unpaired) electrons. The van der Waals surface area contributed by atoms with Gasteiger partial charge in [0.2, 0.25) is 0 Å². The molecule has 0 aromatic heterocycles. The van der Waals surface area contributed by atoms with Gasteiger partial charge in [-0.05, 0) is 58.9 Å². The fourth-order valence-electron chi connectivity index (χ4n) is 4.58. The minimum Gasteiger partial charge on any atom is -0.491 e. The van der Waals surface area contributed by atoms with E-state index in [1.165, 1.54) is 40.5 Å². The van der Waals surface area contributed by atoms with Crippen molar-refractivity contribution in [2.75, 3.05) is 20.3 Å². The Balaban J connectivity index is 1.43. The minimum absolute atomic E-state index is 0.173. The van der Waals surface area contributed by atoms with Gasteiger partial charge in [0.15, 0.2) is 6.10 Å². The minimum atomic E-state index is -0.969. The molecule has 0 aliphatic heterocycles. The molecule has 0 heterocycles. The molecule has 188 valence electrons. The second-order valence-corrected chi connectivity index (χ2v) is 9.19. The van der Waals surface area contributed by atoms with E-state index in [1.807, 2.05) is 24.3 Å². The van der Waals surface area contributed by atoms with Crippen LogP contribution in [0.15, 0.2) is 60.7 Å². The fraction of sp³-hybridized carbons (Fsp3) is 0.323. The maximum atomic E-state index is 11.2. The number of fused-ring (bicyclic) bond motifs is 2. The van der Waals surface area contributed by atoms with Crippen molar-refractivity contribution < 1.29 is 24.1 Å². The highest BCUT2D eigenvalue weighted by Crippen LogP contribution is 2.36. The van der Waals surface area contributed by atoms with E-state index in [2.05, 4.69) is 62.4 Å². The number of carbonyl (C=O) groups is 1. The van der Waals surface area contributed by atoms with Crippen molar-refractivity contribution in [2.45, 2.75) is 45.3 Å². The van der Waals surface area contributed by atoms with Gasteiger partial charge in [-0.15, -0.1) is 0 Å². The average molecular weight is 487 g/mol. The Hall–Kier alpha value is -3.41. The first-order chi connectivity index (χ1) is 17.5. The zero-order valence-electron chi connectivity index (χ0n) is 21.2.